The van der Waals surface area contributed by atoms with Crippen molar-refractivity contribution >= 4 is 28.4 Å². The molecule has 2 N–H and O–H groups in total. The molecule has 160 valence electrons. The van der Waals surface area contributed by atoms with Crippen LogP contribution in [0.5, 0.6) is 5.75 Å². The molecule has 1 aromatic heterocycles. The largest absolute Gasteiger partial charge is 0.497 e. The van der Waals surface area contributed by atoms with Gasteiger partial charge in [0, 0.05) is 30.0 Å². The molecule has 0 bridgehead atoms. The lowest BCUT2D eigenvalue weighted by Gasteiger charge is -2.39. The highest BCUT2D eigenvalue weighted by molar-refractivity contribution is 6.04. The number of aromatic nitrogens is 1. The summed E-state index contributed by atoms with van der Waals surface area (Å²) >= 11 is 0. The number of carbonyl (C=O) groups is 2. The third-order valence-corrected chi connectivity index (χ3v) is 6.14. The maximum absolute atomic E-state index is 13.7. The third kappa shape index (κ3) is 3.30. The second-order valence-electron chi connectivity index (χ2n) is 7.97. The maximum atomic E-state index is 13.7. The number of likely N-dealkylation sites (N-methyl/N-ethyl adjacent to an activating group) is 1. The van der Waals surface area contributed by atoms with Crippen molar-refractivity contribution in [2.75, 3.05) is 19.5 Å². The average Bonchev–Trinajstić information content (AvgIpc) is 3.29. The SMILES string of the molecule is COc1ccc([C@@H]2[C@@H](C(=O)Nc3ccc4cc[nH]c4c3)c3ccccc3C(=O)N2C)cc1. The zero-order chi connectivity index (χ0) is 22.2. The summed E-state index contributed by atoms with van der Waals surface area (Å²) in [6.45, 7) is 0. The fraction of sp³-hybridized carbons (Fsp3) is 0.154. The number of aromatic amines is 1. The van der Waals surface area contributed by atoms with Crippen molar-refractivity contribution in [3.8, 4) is 5.75 Å². The summed E-state index contributed by atoms with van der Waals surface area (Å²) in [5, 5.41) is 4.15. The molecule has 0 unspecified atom stereocenters. The number of benzene rings is 3. The predicted octanol–water partition coefficient (Wildman–Crippen LogP) is 4.73. The normalized spacial score (nSPS) is 17.8. The number of nitrogens with zero attached hydrogens (tertiary/aromatic N) is 1. The molecular weight excluding hydrogens is 402 g/mol. The fourth-order valence-electron chi connectivity index (χ4n) is 4.52. The van der Waals surface area contributed by atoms with E-state index in [4.69, 9.17) is 4.74 Å². The van der Waals surface area contributed by atoms with Gasteiger partial charge < -0.3 is 19.9 Å². The van der Waals surface area contributed by atoms with Crippen LogP contribution in [0.25, 0.3) is 10.9 Å². The fourth-order valence-corrected chi connectivity index (χ4v) is 4.52. The Labute approximate surface area is 185 Å². The molecular formula is C26H23N3O3. The van der Waals surface area contributed by atoms with E-state index in [0.717, 1.165) is 27.8 Å². The second kappa shape index (κ2) is 7.89. The minimum atomic E-state index is -0.568. The third-order valence-electron chi connectivity index (χ3n) is 6.14. The van der Waals surface area contributed by atoms with Crippen LogP contribution in [0.3, 0.4) is 0 Å². The molecule has 1 aliphatic rings. The Kier molecular flexibility index (Phi) is 4.90. The molecule has 3 aromatic carbocycles. The summed E-state index contributed by atoms with van der Waals surface area (Å²) < 4.78 is 5.28. The molecule has 2 atom stereocenters. The van der Waals surface area contributed by atoms with Crippen LogP contribution in [0, 0.1) is 0 Å². The minimum absolute atomic E-state index is 0.0988. The van der Waals surface area contributed by atoms with Crippen LogP contribution in [0.2, 0.25) is 0 Å². The summed E-state index contributed by atoms with van der Waals surface area (Å²) in [6, 6.07) is 22.2. The molecule has 0 saturated carbocycles. The van der Waals surface area contributed by atoms with Gasteiger partial charge >= 0.3 is 0 Å². The molecule has 2 amide bonds. The molecule has 6 heteroatoms. The lowest BCUT2D eigenvalue weighted by atomic mass is 9.79. The number of H-pyrrole nitrogens is 1. The monoisotopic (exact) mass is 425 g/mol. The molecule has 5 rings (SSSR count). The van der Waals surface area contributed by atoms with Crippen molar-refractivity contribution in [2.45, 2.75) is 12.0 Å². The van der Waals surface area contributed by atoms with Crippen molar-refractivity contribution < 1.29 is 14.3 Å². The van der Waals surface area contributed by atoms with E-state index >= 15 is 0 Å². The summed E-state index contributed by atoms with van der Waals surface area (Å²) in [7, 11) is 3.36. The number of methoxy groups -OCH3 is 1. The van der Waals surface area contributed by atoms with Gasteiger partial charge in [0.2, 0.25) is 5.91 Å². The number of rotatable bonds is 4. The maximum Gasteiger partial charge on any atom is 0.254 e. The highest BCUT2D eigenvalue weighted by atomic mass is 16.5. The molecule has 2 heterocycles. The van der Waals surface area contributed by atoms with Gasteiger partial charge in [-0.1, -0.05) is 36.4 Å². The number of nitrogens with one attached hydrogen (secondary N) is 2. The molecule has 4 aromatic rings. The quantitative estimate of drug-likeness (QED) is 0.497. The molecule has 6 nitrogen and oxygen atoms in total. The Hall–Kier alpha value is -4.06. The van der Waals surface area contributed by atoms with Crippen LogP contribution >= 0.6 is 0 Å². The van der Waals surface area contributed by atoms with Gasteiger partial charge in [0.15, 0.2) is 0 Å². The first-order chi connectivity index (χ1) is 15.6. The van der Waals surface area contributed by atoms with Gasteiger partial charge in [-0.25, -0.2) is 0 Å². The van der Waals surface area contributed by atoms with E-state index in [0.29, 0.717) is 11.3 Å². The van der Waals surface area contributed by atoms with Crippen molar-refractivity contribution in [1.82, 2.24) is 9.88 Å². The van der Waals surface area contributed by atoms with E-state index in [1.165, 1.54) is 0 Å². The lowest BCUT2D eigenvalue weighted by Crippen LogP contribution is -2.44. The van der Waals surface area contributed by atoms with Gasteiger partial charge in [0.25, 0.3) is 5.91 Å². The molecule has 0 spiro atoms. The van der Waals surface area contributed by atoms with E-state index in [-0.39, 0.29) is 11.8 Å². The van der Waals surface area contributed by atoms with E-state index in [2.05, 4.69) is 10.3 Å². The van der Waals surface area contributed by atoms with Gasteiger partial charge in [-0.2, -0.15) is 0 Å². The van der Waals surface area contributed by atoms with Crippen molar-refractivity contribution in [1.29, 1.82) is 0 Å². The van der Waals surface area contributed by atoms with Crippen molar-refractivity contribution in [2.24, 2.45) is 0 Å². The van der Waals surface area contributed by atoms with Crippen molar-refractivity contribution in [3.63, 3.8) is 0 Å². The van der Waals surface area contributed by atoms with Crippen LogP contribution in [-0.2, 0) is 4.79 Å². The molecule has 0 radical (unpaired) electrons. The average molecular weight is 425 g/mol. The van der Waals surface area contributed by atoms with Gasteiger partial charge in [0.1, 0.15) is 5.75 Å². The Morgan fingerprint density at radius 1 is 1.03 bits per heavy atom. The highest BCUT2D eigenvalue weighted by Crippen LogP contribution is 2.42. The molecule has 0 aliphatic carbocycles. The van der Waals surface area contributed by atoms with E-state index < -0.39 is 12.0 Å². The number of anilines is 1. The first-order valence-corrected chi connectivity index (χ1v) is 10.4. The number of hydrogen-bond donors (Lipinski definition) is 2. The first-order valence-electron chi connectivity index (χ1n) is 10.4. The minimum Gasteiger partial charge on any atom is -0.497 e. The number of ether oxygens (including phenoxy) is 1. The van der Waals surface area contributed by atoms with Gasteiger partial charge in [-0.05, 0) is 52.9 Å². The van der Waals surface area contributed by atoms with Crippen LogP contribution in [0.1, 0.15) is 33.4 Å². The van der Waals surface area contributed by atoms with Gasteiger partial charge in [-0.15, -0.1) is 0 Å². The van der Waals surface area contributed by atoms with E-state index in [1.54, 1.807) is 25.1 Å². The summed E-state index contributed by atoms with van der Waals surface area (Å²) in [5.74, 6) is -0.109. The predicted molar refractivity (Wildman–Crippen MR) is 124 cm³/mol. The number of carbonyl (C=O) groups excluding carboxylic acids is 2. The number of hydrogen-bond acceptors (Lipinski definition) is 3. The Balaban J connectivity index is 1.57. The highest BCUT2D eigenvalue weighted by Gasteiger charge is 2.42. The molecule has 32 heavy (non-hydrogen) atoms. The van der Waals surface area contributed by atoms with Crippen LogP contribution in [-0.4, -0.2) is 35.9 Å². The Morgan fingerprint density at radius 3 is 2.59 bits per heavy atom. The van der Waals surface area contributed by atoms with Gasteiger partial charge in [0.05, 0.1) is 19.1 Å². The second-order valence-corrected chi connectivity index (χ2v) is 7.97. The van der Waals surface area contributed by atoms with Crippen LogP contribution < -0.4 is 10.1 Å². The van der Waals surface area contributed by atoms with E-state index in [9.17, 15) is 9.59 Å². The van der Waals surface area contributed by atoms with Crippen LogP contribution in [0.15, 0.2) is 79.0 Å². The molecule has 0 saturated heterocycles. The zero-order valence-corrected chi connectivity index (χ0v) is 17.8. The topological polar surface area (TPSA) is 74.4 Å². The van der Waals surface area contributed by atoms with Gasteiger partial charge in [-0.3, -0.25) is 9.59 Å². The summed E-state index contributed by atoms with van der Waals surface area (Å²) in [6.07, 6.45) is 1.87. The van der Waals surface area contributed by atoms with Crippen molar-refractivity contribution in [3.05, 3.63) is 95.7 Å². The Morgan fingerprint density at radius 2 is 1.81 bits per heavy atom. The summed E-state index contributed by atoms with van der Waals surface area (Å²) in [4.78, 5) is 31.6. The zero-order valence-electron chi connectivity index (χ0n) is 17.8. The number of amides is 2. The standard InChI is InChI=1S/C26H23N3O3/c1-29-24(17-8-11-19(32-2)12-9-17)23(20-5-3-4-6-21(20)26(29)31)25(30)28-18-10-7-16-13-14-27-22(16)15-18/h3-15,23-24,27H,1-2H3,(H,28,30)/t23-,24+/m0/s1. The van der Waals surface area contributed by atoms with Crippen LogP contribution in [0.4, 0.5) is 5.69 Å². The summed E-state index contributed by atoms with van der Waals surface area (Å²) in [5.41, 5.74) is 3.81. The lowest BCUT2D eigenvalue weighted by molar-refractivity contribution is -0.119. The smallest absolute Gasteiger partial charge is 0.254 e. The molecule has 0 fully saturated rings. The number of fused-ring (bicyclic) bond motifs is 2. The first kappa shape index (κ1) is 19.9. The molecule has 1 aliphatic heterocycles. The Bertz CT molecular complexity index is 1310. The van der Waals surface area contributed by atoms with E-state index in [1.807, 2.05) is 72.9 Å².